The molecule has 0 radical (unpaired) electrons. The Labute approximate surface area is 133 Å². The summed E-state index contributed by atoms with van der Waals surface area (Å²) in [6.07, 6.45) is 0.873. The minimum atomic E-state index is -0.823. The van der Waals surface area contributed by atoms with Crippen LogP contribution in [0.4, 0.5) is 10.1 Å². The van der Waals surface area contributed by atoms with E-state index in [0.29, 0.717) is 20.8 Å². The van der Waals surface area contributed by atoms with Gasteiger partial charge in [-0.25, -0.2) is 4.39 Å². The molecule has 0 fully saturated rings. The van der Waals surface area contributed by atoms with E-state index in [0.717, 1.165) is 6.07 Å². The quantitative estimate of drug-likeness (QED) is 0.571. The lowest BCUT2D eigenvalue weighted by Crippen LogP contribution is -1.92. The number of rotatable bonds is 4. The summed E-state index contributed by atoms with van der Waals surface area (Å²) in [6.45, 7) is 1.64. The van der Waals surface area contributed by atoms with Crippen molar-refractivity contribution in [3.8, 4) is 11.5 Å². The molecular formula is C15H11FN2O4S. The van der Waals surface area contributed by atoms with Gasteiger partial charge in [-0.2, -0.15) is 0 Å². The van der Waals surface area contributed by atoms with Crippen molar-refractivity contribution in [2.75, 3.05) is 0 Å². The average molecular weight is 334 g/mol. The van der Waals surface area contributed by atoms with Crippen LogP contribution in [0.3, 0.4) is 0 Å². The van der Waals surface area contributed by atoms with Gasteiger partial charge >= 0.3 is 0 Å². The number of benzene rings is 1. The van der Waals surface area contributed by atoms with Crippen LogP contribution in [-0.4, -0.2) is 15.0 Å². The van der Waals surface area contributed by atoms with Crippen LogP contribution in [0, 0.1) is 15.9 Å². The summed E-state index contributed by atoms with van der Waals surface area (Å²) in [5.74, 6) is -0.564. The number of fused-ring (bicyclic) bond motifs is 1. The molecule has 0 spiro atoms. The highest BCUT2D eigenvalue weighted by molar-refractivity contribution is 7.19. The van der Waals surface area contributed by atoms with Crippen molar-refractivity contribution in [1.29, 1.82) is 0 Å². The highest BCUT2D eigenvalue weighted by Crippen LogP contribution is 2.37. The summed E-state index contributed by atoms with van der Waals surface area (Å²) in [6, 6.07) is 6.51. The Hall–Kier alpha value is -2.58. The number of halogens is 1. The van der Waals surface area contributed by atoms with Crippen molar-refractivity contribution < 1.29 is 19.2 Å². The van der Waals surface area contributed by atoms with Gasteiger partial charge in [0.05, 0.1) is 27.3 Å². The Kier molecular flexibility index (Phi) is 3.93. The molecule has 23 heavy (non-hydrogen) atoms. The lowest BCUT2D eigenvalue weighted by Gasteiger charge is -2.07. The summed E-state index contributed by atoms with van der Waals surface area (Å²) in [5.41, 5.74) is 0.285. The zero-order valence-corrected chi connectivity index (χ0v) is 12.7. The number of hydrogen-bond donors (Lipinski definition) is 1. The zero-order valence-electron chi connectivity index (χ0n) is 11.9. The number of aliphatic hydroxyl groups excluding tert-OH is 1. The number of aliphatic hydroxyl groups is 1. The third-order valence-corrected chi connectivity index (χ3v) is 4.46. The molecule has 3 aromatic rings. The Morgan fingerprint density at radius 2 is 2.13 bits per heavy atom. The third-order valence-electron chi connectivity index (χ3n) is 3.15. The maximum atomic E-state index is 13.9. The predicted octanol–water partition coefficient (Wildman–Crippen LogP) is 4.19. The number of non-ortho nitro benzene ring substituents is 1. The molecule has 0 amide bonds. The summed E-state index contributed by atoms with van der Waals surface area (Å²) >= 11 is 1.30. The number of nitro benzene ring substituents is 1. The number of nitro groups is 1. The monoisotopic (exact) mass is 334 g/mol. The van der Waals surface area contributed by atoms with Gasteiger partial charge in [-0.3, -0.25) is 15.1 Å². The van der Waals surface area contributed by atoms with Gasteiger partial charge in [-0.1, -0.05) is 0 Å². The van der Waals surface area contributed by atoms with Gasteiger partial charge in [0.15, 0.2) is 11.6 Å². The van der Waals surface area contributed by atoms with Gasteiger partial charge in [0.25, 0.3) is 5.69 Å². The molecule has 0 saturated carbocycles. The van der Waals surface area contributed by atoms with Crippen molar-refractivity contribution in [2.24, 2.45) is 0 Å². The fourth-order valence-electron chi connectivity index (χ4n) is 2.02. The highest BCUT2D eigenvalue weighted by Gasteiger charge is 2.15. The summed E-state index contributed by atoms with van der Waals surface area (Å²) in [5, 5.41) is 20.3. The number of pyridine rings is 1. The number of ether oxygens (including phenoxy) is 1. The van der Waals surface area contributed by atoms with Crippen molar-refractivity contribution >= 4 is 27.2 Å². The van der Waals surface area contributed by atoms with E-state index in [1.807, 2.05) is 0 Å². The second-order valence-electron chi connectivity index (χ2n) is 4.82. The van der Waals surface area contributed by atoms with Crippen molar-refractivity contribution in [3.05, 3.63) is 57.3 Å². The fourth-order valence-corrected chi connectivity index (χ4v) is 3.03. The van der Waals surface area contributed by atoms with Crippen LogP contribution in [-0.2, 0) is 0 Å². The molecule has 1 unspecified atom stereocenters. The standard InChI is InChI=1S/C15H11FN2O4S/c1-8(19)14-7-11-15(23-14)13(4-5-17-11)22-12-3-2-9(18(20)21)6-10(12)16/h2-8,19H,1H3. The van der Waals surface area contributed by atoms with E-state index in [9.17, 15) is 19.6 Å². The van der Waals surface area contributed by atoms with Gasteiger partial charge in [-0.05, 0) is 19.1 Å². The van der Waals surface area contributed by atoms with Crippen LogP contribution < -0.4 is 4.74 Å². The Morgan fingerprint density at radius 1 is 1.35 bits per heavy atom. The highest BCUT2D eigenvalue weighted by atomic mass is 32.1. The largest absolute Gasteiger partial charge is 0.453 e. The third kappa shape index (κ3) is 2.99. The molecular weight excluding hydrogens is 323 g/mol. The second kappa shape index (κ2) is 5.90. The fraction of sp³-hybridized carbons (Fsp3) is 0.133. The van der Waals surface area contributed by atoms with Gasteiger partial charge in [0.1, 0.15) is 5.75 Å². The van der Waals surface area contributed by atoms with Gasteiger partial charge in [0, 0.05) is 23.2 Å². The smallest absolute Gasteiger partial charge is 0.272 e. The molecule has 1 N–H and O–H groups in total. The summed E-state index contributed by atoms with van der Waals surface area (Å²) in [7, 11) is 0. The SMILES string of the molecule is CC(O)c1cc2nccc(Oc3ccc([N+](=O)[O-])cc3F)c2s1. The minimum Gasteiger partial charge on any atom is -0.453 e. The predicted molar refractivity (Wildman–Crippen MR) is 83.4 cm³/mol. The molecule has 1 atom stereocenters. The molecule has 0 aliphatic carbocycles. The molecule has 3 rings (SSSR count). The van der Waals surface area contributed by atoms with Crippen molar-refractivity contribution in [1.82, 2.24) is 4.98 Å². The molecule has 0 bridgehead atoms. The molecule has 2 heterocycles. The number of nitrogens with zero attached hydrogens (tertiary/aromatic N) is 2. The first-order valence-corrected chi connectivity index (χ1v) is 7.45. The average Bonchev–Trinajstić information content (AvgIpc) is 2.94. The van der Waals surface area contributed by atoms with Crippen molar-refractivity contribution in [3.63, 3.8) is 0 Å². The first kappa shape index (κ1) is 15.3. The van der Waals surface area contributed by atoms with Gasteiger partial charge in [-0.15, -0.1) is 11.3 Å². The lowest BCUT2D eigenvalue weighted by atomic mass is 10.3. The zero-order chi connectivity index (χ0) is 16.6. The molecule has 8 heteroatoms. The molecule has 0 saturated heterocycles. The summed E-state index contributed by atoms with van der Waals surface area (Å²) < 4.78 is 20.2. The molecule has 0 aliphatic heterocycles. The number of aromatic nitrogens is 1. The van der Waals surface area contributed by atoms with E-state index >= 15 is 0 Å². The number of hydrogen-bond acceptors (Lipinski definition) is 6. The summed E-state index contributed by atoms with van der Waals surface area (Å²) in [4.78, 5) is 14.9. The van der Waals surface area contributed by atoms with Crippen LogP contribution in [0.1, 0.15) is 17.9 Å². The van der Waals surface area contributed by atoms with Crippen LogP contribution in [0.15, 0.2) is 36.5 Å². The Balaban J connectivity index is 2.00. The van der Waals surface area contributed by atoms with E-state index in [1.165, 1.54) is 29.7 Å². The minimum absolute atomic E-state index is 0.116. The number of thiophene rings is 1. The van der Waals surface area contributed by atoms with E-state index in [1.54, 1.807) is 19.1 Å². The van der Waals surface area contributed by atoms with Crippen molar-refractivity contribution in [2.45, 2.75) is 13.0 Å². The van der Waals surface area contributed by atoms with E-state index in [-0.39, 0.29) is 11.4 Å². The first-order chi connectivity index (χ1) is 11.0. The maximum absolute atomic E-state index is 13.9. The van der Waals surface area contributed by atoms with Crippen LogP contribution in [0.25, 0.3) is 10.2 Å². The molecule has 0 aliphatic rings. The van der Waals surface area contributed by atoms with Gasteiger partial charge < -0.3 is 9.84 Å². The Bertz CT molecular complexity index is 894. The van der Waals surface area contributed by atoms with Gasteiger partial charge in [0.2, 0.25) is 0 Å². The van der Waals surface area contributed by atoms with Crippen LogP contribution in [0.5, 0.6) is 11.5 Å². The Morgan fingerprint density at radius 3 is 2.78 bits per heavy atom. The van der Waals surface area contributed by atoms with Crippen LogP contribution in [0.2, 0.25) is 0 Å². The second-order valence-corrected chi connectivity index (χ2v) is 5.91. The van der Waals surface area contributed by atoms with E-state index < -0.39 is 16.8 Å². The molecule has 1 aromatic carbocycles. The topological polar surface area (TPSA) is 85.5 Å². The maximum Gasteiger partial charge on any atom is 0.272 e. The molecule has 118 valence electrons. The normalized spacial score (nSPS) is 12.3. The van der Waals surface area contributed by atoms with Crippen LogP contribution >= 0.6 is 11.3 Å². The van der Waals surface area contributed by atoms with E-state index in [4.69, 9.17) is 4.74 Å². The van der Waals surface area contributed by atoms with E-state index in [2.05, 4.69) is 4.98 Å². The first-order valence-electron chi connectivity index (χ1n) is 6.64. The lowest BCUT2D eigenvalue weighted by molar-refractivity contribution is -0.385. The molecule has 6 nitrogen and oxygen atoms in total. The molecule has 2 aromatic heterocycles.